The molecule has 1 N–H and O–H groups in total. The Balaban J connectivity index is 2.11. The number of fused-ring (bicyclic) bond motifs is 1. The molecule has 1 heterocycles. The third-order valence-corrected chi connectivity index (χ3v) is 3.02. The molecule has 1 aromatic rings. The number of nitrogens with zero attached hydrogens (tertiary/aromatic N) is 2. The Hall–Kier alpha value is -0.830. The van der Waals surface area contributed by atoms with Crippen LogP contribution in [0.25, 0.3) is 0 Å². The number of aryl methyl sites for hydroxylation is 1. The molecule has 0 aliphatic heterocycles. The Morgan fingerprint density at radius 2 is 2.33 bits per heavy atom. The molecule has 0 fully saturated rings. The number of hydrogen-bond donors (Lipinski definition) is 1. The molecular weight excluding hydrogens is 210 g/mol. The van der Waals surface area contributed by atoms with Gasteiger partial charge >= 0.3 is 0 Å². The van der Waals surface area contributed by atoms with Gasteiger partial charge in [-0.2, -0.15) is 0 Å². The summed E-state index contributed by atoms with van der Waals surface area (Å²) in [6.07, 6.45) is 6.01. The van der Waals surface area contributed by atoms with Gasteiger partial charge in [0, 0.05) is 23.2 Å². The second kappa shape index (κ2) is 4.79. The standard InChI is InChI=1S/C11H16ClN3/c1-8(5-6-12)15-11-9-3-2-4-10(9)13-7-14-11/h7-8H,2-6H2,1H3,(H,13,14,15). The highest BCUT2D eigenvalue weighted by Crippen LogP contribution is 2.25. The topological polar surface area (TPSA) is 37.8 Å². The molecule has 0 aromatic carbocycles. The van der Waals surface area contributed by atoms with Gasteiger partial charge in [0.1, 0.15) is 12.1 Å². The van der Waals surface area contributed by atoms with Crippen molar-refractivity contribution in [1.82, 2.24) is 9.97 Å². The Labute approximate surface area is 95.3 Å². The number of hydrogen-bond acceptors (Lipinski definition) is 3. The van der Waals surface area contributed by atoms with Crippen molar-refractivity contribution in [2.75, 3.05) is 11.2 Å². The third-order valence-electron chi connectivity index (χ3n) is 2.80. The van der Waals surface area contributed by atoms with Crippen molar-refractivity contribution >= 4 is 17.4 Å². The number of anilines is 1. The minimum Gasteiger partial charge on any atom is -0.367 e. The van der Waals surface area contributed by atoms with Crippen LogP contribution in [0.1, 0.15) is 31.0 Å². The van der Waals surface area contributed by atoms with Crippen molar-refractivity contribution in [3.63, 3.8) is 0 Å². The molecule has 1 atom stereocenters. The zero-order chi connectivity index (χ0) is 10.7. The number of alkyl halides is 1. The SMILES string of the molecule is CC(CCCl)Nc1ncnc2c1CCC2. The van der Waals surface area contributed by atoms with Crippen LogP contribution in [-0.2, 0) is 12.8 Å². The Bertz CT molecular complexity index is 341. The monoisotopic (exact) mass is 225 g/mol. The summed E-state index contributed by atoms with van der Waals surface area (Å²) >= 11 is 5.71. The second-order valence-electron chi connectivity index (χ2n) is 4.02. The second-order valence-corrected chi connectivity index (χ2v) is 4.40. The molecule has 0 saturated heterocycles. The molecule has 1 unspecified atom stereocenters. The first-order valence-electron chi connectivity index (χ1n) is 5.46. The fourth-order valence-electron chi connectivity index (χ4n) is 1.95. The van der Waals surface area contributed by atoms with Crippen molar-refractivity contribution in [3.8, 4) is 0 Å². The van der Waals surface area contributed by atoms with Crippen LogP contribution in [0.15, 0.2) is 6.33 Å². The number of nitrogens with one attached hydrogen (secondary N) is 1. The van der Waals surface area contributed by atoms with E-state index in [0.29, 0.717) is 11.9 Å². The summed E-state index contributed by atoms with van der Waals surface area (Å²) in [5.74, 6) is 1.69. The van der Waals surface area contributed by atoms with Crippen LogP contribution in [0.4, 0.5) is 5.82 Å². The van der Waals surface area contributed by atoms with Gasteiger partial charge in [-0.25, -0.2) is 9.97 Å². The maximum absolute atomic E-state index is 5.71. The van der Waals surface area contributed by atoms with E-state index in [1.807, 2.05) is 0 Å². The maximum atomic E-state index is 5.71. The lowest BCUT2D eigenvalue weighted by Gasteiger charge is -2.15. The molecular formula is C11H16ClN3. The van der Waals surface area contributed by atoms with Crippen molar-refractivity contribution < 1.29 is 0 Å². The van der Waals surface area contributed by atoms with Gasteiger partial charge in [-0.3, -0.25) is 0 Å². The van der Waals surface area contributed by atoms with E-state index in [9.17, 15) is 0 Å². The highest BCUT2D eigenvalue weighted by molar-refractivity contribution is 6.17. The minimum atomic E-state index is 0.377. The van der Waals surface area contributed by atoms with E-state index in [4.69, 9.17) is 11.6 Å². The summed E-state index contributed by atoms with van der Waals surface area (Å²) in [7, 11) is 0. The fourth-order valence-corrected chi connectivity index (χ4v) is 2.28. The Morgan fingerprint density at radius 1 is 1.47 bits per heavy atom. The molecule has 1 aromatic heterocycles. The predicted octanol–water partition coefficient (Wildman–Crippen LogP) is 2.39. The molecule has 3 nitrogen and oxygen atoms in total. The highest BCUT2D eigenvalue weighted by Gasteiger charge is 2.17. The Kier molecular flexibility index (Phi) is 3.41. The van der Waals surface area contributed by atoms with E-state index in [1.165, 1.54) is 17.7 Å². The van der Waals surface area contributed by atoms with Crippen molar-refractivity contribution in [2.24, 2.45) is 0 Å². The van der Waals surface area contributed by atoms with Crippen LogP contribution in [-0.4, -0.2) is 21.9 Å². The van der Waals surface area contributed by atoms with Crippen LogP contribution in [0, 0.1) is 0 Å². The first-order chi connectivity index (χ1) is 7.31. The first kappa shape index (κ1) is 10.7. The summed E-state index contributed by atoms with van der Waals surface area (Å²) in [5.41, 5.74) is 2.52. The number of rotatable bonds is 4. The lowest BCUT2D eigenvalue weighted by atomic mass is 10.2. The quantitative estimate of drug-likeness (QED) is 0.800. The summed E-state index contributed by atoms with van der Waals surface area (Å²) in [4.78, 5) is 8.60. The molecule has 0 amide bonds. The van der Waals surface area contributed by atoms with E-state index in [0.717, 1.165) is 25.1 Å². The average molecular weight is 226 g/mol. The molecule has 82 valence electrons. The third kappa shape index (κ3) is 2.40. The Morgan fingerprint density at radius 3 is 3.13 bits per heavy atom. The van der Waals surface area contributed by atoms with Crippen LogP contribution in [0.2, 0.25) is 0 Å². The maximum Gasteiger partial charge on any atom is 0.133 e. The van der Waals surface area contributed by atoms with Crippen molar-refractivity contribution in [1.29, 1.82) is 0 Å². The molecule has 0 radical (unpaired) electrons. The molecule has 0 bridgehead atoms. The molecule has 0 saturated carbocycles. The summed E-state index contributed by atoms with van der Waals surface area (Å²) in [5, 5.41) is 3.41. The first-order valence-corrected chi connectivity index (χ1v) is 6.00. The van der Waals surface area contributed by atoms with E-state index in [1.54, 1.807) is 6.33 Å². The smallest absolute Gasteiger partial charge is 0.133 e. The molecule has 1 aliphatic carbocycles. The van der Waals surface area contributed by atoms with Gasteiger partial charge in [-0.1, -0.05) is 0 Å². The number of halogens is 1. The number of aromatic nitrogens is 2. The lowest BCUT2D eigenvalue weighted by molar-refractivity contribution is 0.760. The van der Waals surface area contributed by atoms with E-state index >= 15 is 0 Å². The van der Waals surface area contributed by atoms with Gasteiger partial charge in [0.25, 0.3) is 0 Å². The van der Waals surface area contributed by atoms with Gasteiger partial charge in [-0.15, -0.1) is 11.6 Å². The van der Waals surface area contributed by atoms with E-state index < -0.39 is 0 Å². The van der Waals surface area contributed by atoms with Gasteiger partial charge in [0.2, 0.25) is 0 Å². The molecule has 1 aliphatic rings. The molecule has 2 rings (SSSR count). The molecule has 15 heavy (non-hydrogen) atoms. The largest absolute Gasteiger partial charge is 0.367 e. The van der Waals surface area contributed by atoms with Crippen molar-refractivity contribution in [2.45, 2.75) is 38.6 Å². The van der Waals surface area contributed by atoms with Crippen LogP contribution >= 0.6 is 11.6 Å². The van der Waals surface area contributed by atoms with Crippen LogP contribution in [0.5, 0.6) is 0 Å². The normalized spacial score (nSPS) is 16.1. The predicted molar refractivity (Wildman–Crippen MR) is 62.5 cm³/mol. The summed E-state index contributed by atoms with van der Waals surface area (Å²) in [6.45, 7) is 2.13. The molecule has 0 spiro atoms. The summed E-state index contributed by atoms with van der Waals surface area (Å²) in [6, 6.07) is 0.377. The van der Waals surface area contributed by atoms with Gasteiger partial charge in [0.05, 0.1) is 0 Å². The van der Waals surface area contributed by atoms with E-state index in [-0.39, 0.29) is 0 Å². The van der Waals surface area contributed by atoms with Crippen LogP contribution in [0.3, 0.4) is 0 Å². The van der Waals surface area contributed by atoms with Crippen molar-refractivity contribution in [3.05, 3.63) is 17.6 Å². The highest BCUT2D eigenvalue weighted by atomic mass is 35.5. The summed E-state index contributed by atoms with van der Waals surface area (Å²) < 4.78 is 0. The van der Waals surface area contributed by atoms with Gasteiger partial charge < -0.3 is 5.32 Å². The van der Waals surface area contributed by atoms with Crippen LogP contribution < -0.4 is 5.32 Å². The van der Waals surface area contributed by atoms with Gasteiger partial charge in [0.15, 0.2) is 0 Å². The lowest BCUT2D eigenvalue weighted by Crippen LogP contribution is -2.18. The fraction of sp³-hybridized carbons (Fsp3) is 0.636. The minimum absolute atomic E-state index is 0.377. The zero-order valence-electron chi connectivity index (χ0n) is 8.96. The van der Waals surface area contributed by atoms with E-state index in [2.05, 4.69) is 22.2 Å². The van der Waals surface area contributed by atoms with Gasteiger partial charge in [-0.05, 0) is 32.6 Å². The average Bonchev–Trinajstić information content (AvgIpc) is 2.67. The molecule has 4 heteroatoms. The zero-order valence-corrected chi connectivity index (χ0v) is 9.72.